The molecule has 1 fully saturated rings. The number of non-ortho nitro benzene ring substituents is 1. The van der Waals surface area contributed by atoms with Crippen molar-refractivity contribution in [2.24, 2.45) is 5.92 Å². The van der Waals surface area contributed by atoms with E-state index in [1.807, 2.05) is 6.07 Å². The highest BCUT2D eigenvalue weighted by Crippen LogP contribution is 2.21. The van der Waals surface area contributed by atoms with E-state index in [2.05, 4.69) is 44.6 Å². The lowest BCUT2D eigenvalue weighted by atomic mass is 9.96. The molecule has 13 nitrogen and oxygen atoms in total. The van der Waals surface area contributed by atoms with Gasteiger partial charge in [-0.25, -0.2) is 9.59 Å². The third-order valence-corrected chi connectivity index (χ3v) is 5.83. The van der Waals surface area contributed by atoms with Crippen LogP contribution in [0.4, 0.5) is 5.69 Å². The van der Waals surface area contributed by atoms with Gasteiger partial charge in [0, 0.05) is 42.9 Å². The first-order valence-electron chi connectivity index (χ1n) is 12.0. The number of amides is 1. The maximum absolute atomic E-state index is 12.4. The van der Waals surface area contributed by atoms with Crippen molar-refractivity contribution in [2.75, 3.05) is 19.6 Å². The zero-order valence-corrected chi connectivity index (χ0v) is 20.8. The second-order valence-corrected chi connectivity index (χ2v) is 8.65. The van der Waals surface area contributed by atoms with Crippen LogP contribution in [0.3, 0.4) is 0 Å². The molecule has 0 spiro atoms. The Morgan fingerprint density at radius 1 is 1.03 bits per heavy atom. The van der Waals surface area contributed by atoms with Crippen LogP contribution in [0.2, 0.25) is 0 Å². The number of carboxylic acids is 2. The summed E-state index contributed by atoms with van der Waals surface area (Å²) in [7, 11) is 0. The number of carbonyl (C=O) groups excluding carboxylic acids is 1. The minimum atomic E-state index is -1.26. The molecule has 1 amide bonds. The van der Waals surface area contributed by atoms with Crippen molar-refractivity contribution < 1.29 is 34.0 Å². The number of nitrogens with one attached hydrogen (secondary N) is 1. The van der Waals surface area contributed by atoms with Crippen molar-refractivity contribution >= 4 is 23.5 Å². The van der Waals surface area contributed by atoms with Crippen LogP contribution >= 0.6 is 0 Å². The van der Waals surface area contributed by atoms with Gasteiger partial charge in [0.15, 0.2) is 0 Å². The zero-order valence-electron chi connectivity index (χ0n) is 20.8. The van der Waals surface area contributed by atoms with E-state index < -0.39 is 16.9 Å². The predicted molar refractivity (Wildman–Crippen MR) is 138 cm³/mol. The SMILES string of the molecule is O=C(NCC1CCN(Cc2ccccc2)CC1)c1noc(-c2ccc([N+](=O)[O-])cc2)n1.O=C(O)C=CC(=O)O. The van der Waals surface area contributed by atoms with Crippen LogP contribution in [0.25, 0.3) is 11.5 Å². The van der Waals surface area contributed by atoms with E-state index in [0.717, 1.165) is 32.5 Å². The smallest absolute Gasteiger partial charge is 0.328 e. The number of benzene rings is 2. The van der Waals surface area contributed by atoms with E-state index >= 15 is 0 Å². The zero-order chi connectivity index (χ0) is 28.2. The molecule has 2 aromatic carbocycles. The molecule has 0 radical (unpaired) electrons. The molecule has 0 saturated carbocycles. The third-order valence-electron chi connectivity index (χ3n) is 5.83. The summed E-state index contributed by atoms with van der Waals surface area (Å²) in [4.78, 5) is 48.3. The molecular weight excluding hydrogens is 510 g/mol. The number of carboxylic acid groups (broad SMARTS) is 2. The highest BCUT2D eigenvalue weighted by atomic mass is 16.6. The quantitative estimate of drug-likeness (QED) is 0.207. The summed E-state index contributed by atoms with van der Waals surface area (Å²) < 4.78 is 5.14. The molecule has 1 aliphatic rings. The fourth-order valence-corrected chi connectivity index (χ4v) is 3.81. The van der Waals surface area contributed by atoms with Crippen LogP contribution in [0.5, 0.6) is 0 Å². The van der Waals surface area contributed by atoms with E-state index in [0.29, 0.717) is 30.2 Å². The van der Waals surface area contributed by atoms with Crippen LogP contribution in [0.1, 0.15) is 29.0 Å². The van der Waals surface area contributed by atoms with Crippen molar-refractivity contribution in [1.29, 1.82) is 0 Å². The fraction of sp³-hybridized carbons (Fsp3) is 0.269. The first-order valence-corrected chi connectivity index (χ1v) is 12.0. The summed E-state index contributed by atoms with van der Waals surface area (Å²) in [5.41, 5.74) is 1.80. The van der Waals surface area contributed by atoms with Crippen molar-refractivity contribution in [3.8, 4) is 11.5 Å². The first-order chi connectivity index (χ1) is 18.7. The first kappa shape index (κ1) is 28.7. The second kappa shape index (κ2) is 14.1. The number of carbonyl (C=O) groups is 3. The predicted octanol–water partition coefficient (Wildman–Crippen LogP) is 3.00. The normalized spacial score (nSPS) is 13.8. The molecule has 0 aliphatic carbocycles. The lowest BCUT2D eigenvalue weighted by Crippen LogP contribution is -2.38. The Morgan fingerprint density at radius 3 is 2.21 bits per heavy atom. The molecule has 1 saturated heterocycles. The van der Waals surface area contributed by atoms with E-state index in [1.165, 1.54) is 29.8 Å². The number of rotatable bonds is 9. The van der Waals surface area contributed by atoms with Gasteiger partial charge >= 0.3 is 11.9 Å². The molecule has 3 aromatic rings. The molecule has 1 aliphatic heterocycles. The van der Waals surface area contributed by atoms with Gasteiger partial charge in [-0.2, -0.15) is 4.98 Å². The van der Waals surface area contributed by atoms with Crippen LogP contribution in [0.15, 0.2) is 71.3 Å². The average Bonchev–Trinajstić information content (AvgIpc) is 3.43. The summed E-state index contributed by atoms with van der Waals surface area (Å²) in [5, 5.41) is 33.0. The van der Waals surface area contributed by atoms with E-state index in [-0.39, 0.29) is 23.3 Å². The number of nitro groups is 1. The Morgan fingerprint density at radius 2 is 1.64 bits per heavy atom. The lowest BCUT2D eigenvalue weighted by molar-refractivity contribution is -0.384. The van der Waals surface area contributed by atoms with E-state index in [1.54, 1.807) is 0 Å². The second-order valence-electron chi connectivity index (χ2n) is 8.65. The van der Waals surface area contributed by atoms with Gasteiger partial charge in [0.1, 0.15) is 0 Å². The average molecular weight is 538 g/mol. The monoisotopic (exact) mass is 537 g/mol. The van der Waals surface area contributed by atoms with Gasteiger partial charge in [0.2, 0.25) is 0 Å². The lowest BCUT2D eigenvalue weighted by Gasteiger charge is -2.32. The van der Waals surface area contributed by atoms with Gasteiger partial charge in [-0.1, -0.05) is 35.5 Å². The van der Waals surface area contributed by atoms with Gasteiger partial charge in [-0.3, -0.25) is 19.8 Å². The largest absolute Gasteiger partial charge is 0.478 e. The van der Waals surface area contributed by atoms with Crippen molar-refractivity contribution in [1.82, 2.24) is 20.4 Å². The van der Waals surface area contributed by atoms with Gasteiger partial charge in [0.05, 0.1) is 4.92 Å². The van der Waals surface area contributed by atoms with Crippen molar-refractivity contribution in [2.45, 2.75) is 19.4 Å². The maximum atomic E-state index is 12.4. The number of piperidine rings is 1. The van der Waals surface area contributed by atoms with E-state index in [9.17, 15) is 24.5 Å². The number of hydrogen-bond acceptors (Lipinski definition) is 9. The maximum Gasteiger partial charge on any atom is 0.328 e. The molecule has 0 atom stereocenters. The molecule has 13 heteroatoms. The molecule has 3 N–H and O–H groups in total. The highest BCUT2D eigenvalue weighted by Gasteiger charge is 2.22. The number of hydrogen-bond donors (Lipinski definition) is 3. The number of nitro benzene ring substituents is 1. The molecule has 1 aromatic heterocycles. The molecule has 204 valence electrons. The van der Waals surface area contributed by atoms with Crippen LogP contribution in [-0.2, 0) is 16.1 Å². The Bertz CT molecular complexity index is 1280. The third kappa shape index (κ3) is 9.48. The molecule has 0 bridgehead atoms. The number of likely N-dealkylation sites (tertiary alicyclic amines) is 1. The Labute approximate surface area is 222 Å². The number of aromatic nitrogens is 2. The van der Waals surface area contributed by atoms with Crippen molar-refractivity contribution in [3.63, 3.8) is 0 Å². The molecule has 0 unspecified atom stereocenters. The van der Waals surface area contributed by atoms with Crippen LogP contribution in [0, 0.1) is 16.0 Å². The Hall–Kier alpha value is -4.91. The van der Waals surface area contributed by atoms with Gasteiger partial charge in [-0.15, -0.1) is 0 Å². The minimum Gasteiger partial charge on any atom is -0.478 e. The Balaban J connectivity index is 0.000000459. The van der Waals surface area contributed by atoms with Crippen LogP contribution < -0.4 is 5.32 Å². The summed E-state index contributed by atoms with van der Waals surface area (Å²) in [6, 6.07) is 16.1. The topological polar surface area (TPSA) is 189 Å². The summed E-state index contributed by atoms with van der Waals surface area (Å²) in [5.74, 6) is -2.38. The summed E-state index contributed by atoms with van der Waals surface area (Å²) in [6.45, 7) is 3.53. The van der Waals surface area contributed by atoms with Gasteiger partial charge < -0.3 is 20.1 Å². The molecule has 4 rings (SSSR count). The molecule has 2 heterocycles. The van der Waals surface area contributed by atoms with Gasteiger partial charge in [0.25, 0.3) is 23.3 Å². The standard InChI is InChI=1S/C22H23N5O4.C4H4O4/c28-21(20-24-22(31-25-20)18-6-8-19(9-7-18)27(29)30)23-14-16-10-12-26(13-11-16)15-17-4-2-1-3-5-17;5-3(6)1-2-4(7)8/h1-9,16H,10-15H2,(H,23,28);1-2H,(H,5,6)(H,7,8). The number of aliphatic carboxylic acids is 2. The number of nitrogens with zero attached hydrogens (tertiary/aromatic N) is 4. The molecular formula is C26H27N5O8. The minimum absolute atomic E-state index is 0.0314. The van der Waals surface area contributed by atoms with E-state index in [4.69, 9.17) is 14.7 Å². The summed E-state index contributed by atoms with van der Waals surface area (Å²) in [6.07, 6.45) is 3.16. The van der Waals surface area contributed by atoms with Crippen LogP contribution in [-0.4, -0.2) is 67.7 Å². The summed E-state index contributed by atoms with van der Waals surface area (Å²) >= 11 is 0. The van der Waals surface area contributed by atoms with Gasteiger partial charge in [-0.05, 0) is 49.5 Å². The van der Waals surface area contributed by atoms with Crippen molar-refractivity contribution in [3.05, 3.63) is 88.3 Å². The fourth-order valence-electron chi connectivity index (χ4n) is 3.81. The Kier molecular flexibility index (Phi) is 10.4. The highest BCUT2D eigenvalue weighted by molar-refractivity contribution is 5.90. The molecule has 39 heavy (non-hydrogen) atoms.